The molecule has 32 heavy (non-hydrogen) atoms. The molecule has 9 heteroatoms. The van der Waals surface area contributed by atoms with Crippen molar-refractivity contribution in [2.45, 2.75) is 25.2 Å². The summed E-state index contributed by atoms with van der Waals surface area (Å²) in [5, 5.41) is 5.49. The van der Waals surface area contributed by atoms with Crippen LogP contribution in [0.3, 0.4) is 0 Å². The van der Waals surface area contributed by atoms with Gasteiger partial charge in [0.05, 0.1) is 12.2 Å². The Morgan fingerprint density at radius 2 is 1.84 bits per heavy atom. The van der Waals surface area contributed by atoms with Crippen molar-refractivity contribution < 1.29 is 18.3 Å². The number of ether oxygens (including phenoxy) is 2. The van der Waals surface area contributed by atoms with Gasteiger partial charge >= 0.3 is 6.29 Å². The lowest BCUT2D eigenvalue weighted by atomic mass is 10.0. The first-order valence-electron chi connectivity index (χ1n) is 10.6. The molecule has 0 saturated carbocycles. The monoisotopic (exact) mass is 437 g/mol. The lowest BCUT2D eigenvalue weighted by Gasteiger charge is -2.28. The summed E-state index contributed by atoms with van der Waals surface area (Å²) in [6, 6.07) is 7.24. The summed E-state index contributed by atoms with van der Waals surface area (Å²) in [5.74, 6) is 0.0455. The second-order valence-electron chi connectivity index (χ2n) is 8.39. The number of aromatic amines is 1. The van der Waals surface area contributed by atoms with Crippen LogP contribution in [0, 0.1) is 0 Å². The maximum Gasteiger partial charge on any atom is 0.586 e. The minimum Gasteiger partial charge on any atom is -0.395 e. The van der Waals surface area contributed by atoms with E-state index in [1.807, 2.05) is 24.7 Å². The zero-order valence-corrected chi connectivity index (χ0v) is 17.4. The number of hydrogen-bond acceptors (Lipinski definition) is 5. The third-order valence-electron chi connectivity index (χ3n) is 6.24. The minimum absolute atomic E-state index is 0.0189. The molecule has 164 valence electrons. The lowest BCUT2D eigenvalue weighted by molar-refractivity contribution is -0.286. The van der Waals surface area contributed by atoms with E-state index in [0.29, 0.717) is 6.04 Å². The number of rotatable bonds is 3. The molecule has 0 aliphatic carbocycles. The van der Waals surface area contributed by atoms with Crippen molar-refractivity contribution in [3.05, 3.63) is 49.1 Å². The number of halogens is 2. The zero-order chi connectivity index (χ0) is 21.9. The molecule has 1 saturated heterocycles. The van der Waals surface area contributed by atoms with Crippen LogP contribution in [0.1, 0.15) is 18.9 Å². The molecule has 2 aliphatic rings. The first-order valence-corrected chi connectivity index (χ1v) is 10.6. The molecule has 0 unspecified atom stereocenters. The average Bonchev–Trinajstić information content (AvgIpc) is 3.48. The Labute approximate surface area is 182 Å². The van der Waals surface area contributed by atoms with E-state index in [1.54, 1.807) is 12.1 Å². The number of alkyl halides is 2. The second kappa shape index (κ2) is 7.03. The molecule has 6 rings (SSSR count). The fourth-order valence-corrected chi connectivity index (χ4v) is 4.46. The molecule has 0 radical (unpaired) electrons. The highest BCUT2D eigenvalue weighted by Gasteiger charge is 2.43. The molecular formula is C23H21F2N5O2. The molecule has 5 heterocycles. The van der Waals surface area contributed by atoms with Crippen molar-refractivity contribution in [2.75, 3.05) is 20.1 Å². The van der Waals surface area contributed by atoms with Crippen LogP contribution < -0.4 is 9.47 Å². The van der Waals surface area contributed by atoms with Gasteiger partial charge in [-0.15, -0.1) is 8.78 Å². The van der Waals surface area contributed by atoms with E-state index < -0.39 is 6.29 Å². The van der Waals surface area contributed by atoms with Crippen molar-refractivity contribution >= 4 is 11.0 Å². The Hall–Kier alpha value is -3.46. The van der Waals surface area contributed by atoms with Crippen LogP contribution in [0.5, 0.6) is 11.5 Å². The number of nitrogens with one attached hydrogen (secondary N) is 1. The predicted molar refractivity (Wildman–Crippen MR) is 115 cm³/mol. The lowest BCUT2D eigenvalue weighted by Crippen LogP contribution is -2.31. The molecule has 1 fully saturated rings. The van der Waals surface area contributed by atoms with E-state index in [1.165, 1.54) is 6.07 Å². The topological polar surface area (TPSA) is 68.2 Å². The van der Waals surface area contributed by atoms with Crippen LogP contribution in [0.25, 0.3) is 33.3 Å². The number of H-pyrrole nitrogens is 1. The fraction of sp³-hybridized carbons (Fsp3) is 0.304. The maximum atomic E-state index is 13.4. The normalized spacial score (nSPS) is 18.5. The van der Waals surface area contributed by atoms with Crippen molar-refractivity contribution in [1.29, 1.82) is 0 Å². The van der Waals surface area contributed by atoms with Gasteiger partial charge in [0.2, 0.25) is 0 Å². The number of piperidine rings is 1. The summed E-state index contributed by atoms with van der Waals surface area (Å²) in [4.78, 5) is 10.0. The third-order valence-corrected chi connectivity index (χ3v) is 6.24. The molecule has 0 bridgehead atoms. The summed E-state index contributed by atoms with van der Waals surface area (Å²) < 4.78 is 37.9. The summed E-state index contributed by atoms with van der Waals surface area (Å²) in [6.07, 6.45) is 6.12. The zero-order valence-electron chi connectivity index (χ0n) is 17.4. The first-order chi connectivity index (χ1) is 15.4. The summed E-state index contributed by atoms with van der Waals surface area (Å²) in [7, 11) is 2.14. The molecule has 0 spiro atoms. The van der Waals surface area contributed by atoms with Crippen molar-refractivity contribution in [2.24, 2.45) is 0 Å². The molecule has 7 nitrogen and oxygen atoms in total. The van der Waals surface area contributed by atoms with Crippen molar-refractivity contribution in [3.8, 4) is 33.8 Å². The van der Waals surface area contributed by atoms with Crippen LogP contribution in [0.15, 0.2) is 49.1 Å². The summed E-state index contributed by atoms with van der Waals surface area (Å²) in [6.45, 7) is 2.14. The van der Waals surface area contributed by atoms with E-state index >= 15 is 0 Å². The molecular weight excluding hydrogens is 416 g/mol. The smallest absolute Gasteiger partial charge is 0.395 e. The van der Waals surface area contributed by atoms with E-state index in [4.69, 9.17) is 0 Å². The van der Waals surface area contributed by atoms with Gasteiger partial charge in [-0.25, -0.2) is 4.98 Å². The quantitative estimate of drug-likeness (QED) is 0.504. The highest BCUT2D eigenvalue weighted by molar-refractivity contribution is 5.96. The van der Waals surface area contributed by atoms with Crippen molar-refractivity contribution in [1.82, 2.24) is 24.6 Å². The predicted octanol–water partition coefficient (Wildman–Crippen LogP) is 4.68. The number of pyridine rings is 1. The Morgan fingerprint density at radius 3 is 2.69 bits per heavy atom. The fourth-order valence-electron chi connectivity index (χ4n) is 4.46. The standard InChI is InChI=1S/C23H21F2N5O2/c1-29-6-4-17(5-7-29)30-13-16(11-28-30)15-8-18-19(12-27-22(18)26-10-15)14-2-3-20-21(9-14)32-23(24,25)31-20/h2-3,8-13,17H,4-7H2,1H3,(H,26,27). The SMILES string of the molecule is CN1CCC(n2cc(-c3cnc4[nH]cc(-c5ccc6c(c5)OC(F)(F)O6)c4c3)cn2)CC1. The van der Waals surface area contributed by atoms with Gasteiger partial charge in [-0.1, -0.05) is 6.07 Å². The number of aromatic nitrogens is 4. The van der Waals surface area contributed by atoms with E-state index in [0.717, 1.165) is 59.2 Å². The van der Waals surface area contributed by atoms with Gasteiger partial charge in [-0.05, 0) is 56.7 Å². The Morgan fingerprint density at radius 1 is 1.03 bits per heavy atom. The average molecular weight is 437 g/mol. The molecule has 1 aromatic carbocycles. The van der Waals surface area contributed by atoms with Crippen LogP contribution in [0.2, 0.25) is 0 Å². The molecule has 0 atom stereocenters. The Balaban J connectivity index is 1.33. The molecule has 1 N–H and O–H groups in total. The van der Waals surface area contributed by atoms with Gasteiger partial charge < -0.3 is 19.4 Å². The molecule has 0 amide bonds. The van der Waals surface area contributed by atoms with Crippen LogP contribution in [0.4, 0.5) is 8.78 Å². The van der Waals surface area contributed by atoms with Gasteiger partial charge in [0.1, 0.15) is 5.65 Å². The second-order valence-corrected chi connectivity index (χ2v) is 8.39. The van der Waals surface area contributed by atoms with Gasteiger partial charge in [0.15, 0.2) is 11.5 Å². The first kappa shape index (κ1) is 19.2. The molecule has 2 aliphatic heterocycles. The maximum absolute atomic E-state index is 13.4. The van der Waals surface area contributed by atoms with Gasteiger partial charge in [0, 0.05) is 40.7 Å². The number of likely N-dealkylation sites (tertiary alicyclic amines) is 1. The van der Waals surface area contributed by atoms with Gasteiger partial charge in [0.25, 0.3) is 0 Å². The molecule has 3 aromatic heterocycles. The number of hydrogen-bond donors (Lipinski definition) is 1. The highest BCUT2D eigenvalue weighted by Crippen LogP contribution is 2.44. The number of nitrogens with zero attached hydrogens (tertiary/aromatic N) is 4. The van der Waals surface area contributed by atoms with Crippen molar-refractivity contribution in [3.63, 3.8) is 0 Å². The van der Waals surface area contributed by atoms with E-state index in [2.05, 4.69) is 47.4 Å². The highest BCUT2D eigenvalue weighted by atomic mass is 19.3. The van der Waals surface area contributed by atoms with E-state index in [9.17, 15) is 8.78 Å². The number of fused-ring (bicyclic) bond motifs is 2. The van der Waals surface area contributed by atoms with Gasteiger partial charge in [-0.3, -0.25) is 4.68 Å². The third kappa shape index (κ3) is 3.29. The summed E-state index contributed by atoms with van der Waals surface area (Å²) in [5.41, 5.74) is 4.24. The minimum atomic E-state index is -3.64. The summed E-state index contributed by atoms with van der Waals surface area (Å²) >= 11 is 0. The molecule has 4 aromatic rings. The Bertz CT molecular complexity index is 1310. The van der Waals surface area contributed by atoms with Gasteiger partial charge in [-0.2, -0.15) is 5.10 Å². The Kier molecular flexibility index (Phi) is 4.23. The van der Waals surface area contributed by atoms with Crippen LogP contribution >= 0.6 is 0 Å². The van der Waals surface area contributed by atoms with E-state index in [-0.39, 0.29) is 11.5 Å². The number of benzene rings is 1. The van der Waals surface area contributed by atoms with Crippen LogP contribution in [-0.4, -0.2) is 51.1 Å². The van der Waals surface area contributed by atoms with Crippen LogP contribution in [-0.2, 0) is 0 Å². The largest absolute Gasteiger partial charge is 0.586 e.